The first kappa shape index (κ1) is 9.93. The number of pyridine rings is 1. The Labute approximate surface area is 81.3 Å². The summed E-state index contributed by atoms with van der Waals surface area (Å²) in [6, 6.07) is 3.37. The van der Waals surface area contributed by atoms with Crippen LogP contribution in [0.2, 0.25) is 0 Å². The second-order valence-corrected chi connectivity index (χ2v) is 2.68. The molecule has 0 aliphatic rings. The maximum atomic E-state index is 10.5. The fourth-order valence-electron chi connectivity index (χ4n) is 0.957. The molecular formula is C10H8N2O2. The van der Waals surface area contributed by atoms with Gasteiger partial charge < -0.3 is 5.11 Å². The highest BCUT2D eigenvalue weighted by atomic mass is 16.4. The Balaban J connectivity index is 3.08. The van der Waals surface area contributed by atoms with Crippen LogP contribution in [-0.4, -0.2) is 16.1 Å². The minimum Gasteiger partial charge on any atom is -0.486 e. The summed E-state index contributed by atoms with van der Waals surface area (Å²) in [4.78, 5) is 17.4. The third-order valence-corrected chi connectivity index (χ3v) is 1.56. The fraction of sp³-hybridized carbons (Fsp3) is 0.100. The monoisotopic (exact) mass is 188 g/mol. The summed E-state index contributed by atoms with van der Waals surface area (Å²) in [5.41, 5.74) is 1.16. The maximum absolute atomic E-state index is 10.5. The van der Waals surface area contributed by atoms with Crippen molar-refractivity contribution in [2.45, 2.75) is 6.92 Å². The van der Waals surface area contributed by atoms with Gasteiger partial charge in [0.15, 0.2) is 0 Å². The molecule has 0 aliphatic heterocycles. The average Bonchev–Trinajstić information content (AvgIpc) is 2.14. The Morgan fingerprint density at radius 1 is 1.71 bits per heavy atom. The third kappa shape index (κ3) is 2.42. The highest BCUT2D eigenvalue weighted by Gasteiger charge is 2.05. The van der Waals surface area contributed by atoms with E-state index in [1.807, 2.05) is 0 Å². The van der Waals surface area contributed by atoms with Gasteiger partial charge in [-0.1, -0.05) is 0 Å². The largest absolute Gasteiger partial charge is 0.486 e. The lowest BCUT2D eigenvalue weighted by molar-refractivity contribution is -0.132. The van der Waals surface area contributed by atoms with E-state index in [0.29, 0.717) is 5.56 Å². The maximum Gasteiger partial charge on any atom is 0.333 e. The molecule has 4 nitrogen and oxygen atoms in total. The minimum atomic E-state index is -1.21. The van der Waals surface area contributed by atoms with E-state index < -0.39 is 5.97 Å². The van der Waals surface area contributed by atoms with E-state index in [1.165, 1.54) is 6.08 Å². The van der Waals surface area contributed by atoms with Crippen LogP contribution in [0.4, 0.5) is 0 Å². The first-order valence-electron chi connectivity index (χ1n) is 3.88. The molecule has 14 heavy (non-hydrogen) atoms. The fourth-order valence-corrected chi connectivity index (χ4v) is 0.957. The highest BCUT2D eigenvalue weighted by molar-refractivity contribution is 5.94. The molecule has 0 unspecified atom stereocenters. The van der Waals surface area contributed by atoms with Crippen molar-refractivity contribution in [3.8, 4) is 0 Å². The number of hydrogen-bond donors (Lipinski definition) is 1. The van der Waals surface area contributed by atoms with Crippen LogP contribution >= 0.6 is 0 Å². The number of aryl methyl sites for hydroxylation is 1. The van der Waals surface area contributed by atoms with Gasteiger partial charge >= 0.3 is 5.97 Å². The number of carboxylic acid groups (broad SMARTS) is 1. The van der Waals surface area contributed by atoms with Crippen LogP contribution in [-0.2, 0) is 4.79 Å². The Kier molecular flexibility index (Phi) is 2.97. The van der Waals surface area contributed by atoms with Crippen molar-refractivity contribution in [2.24, 2.45) is 0 Å². The van der Waals surface area contributed by atoms with Gasteiger partial charge in [0, 0.05) is 11.9 Å². The minimum absolute atomic E-state index is 0.296. The number of carbonyl (C=O) groups is 1. The Hall–Kier alpha value is -2.15. The zero-order valence-electron chi connectivity index (χ0n) is 7.56. The predicted molar refractivity (Wildman–Crippen MR) is 51.2 cm³/mol. The lowest BCUT2D eigenvalue weighted by atomic mass is 10.2. The molecule has 70 valence electrons. The second-order valence-electron chi connectivity index (χ2n) is 2.68. The van der Waals surface area contributed by atoms with Gasteiger partial charge in [0.2, 0.25) is 0 Å². The molecular weight excluding hydrogens is 180 g/mol. The van der Waals surface area contributed by atoms with E-state index in [4.69, 9.17) is 11.7 Å². The molecule has 0 amide bonds. The van der Waals surface area contributed by atoms with Crippen molar-refractivity contribution in [3.05, 3.63) is 46.7 Å². The lowest BCUT2D eigenvalue weighted by Gasteiger charge is -1.95. The molecule has 0 aromatic carbocycles. The van der Waals surface area contributed by atoms with E-state index in [1.54, 1.807) is 25.3 Å². The summed E-state index contributed by atoms with van der Waals surface area (Å²) in [6.45, 7) is 8.45. The second kappa shape index (κ2) is 4.19. The van der Waals surface area contributed by atoms with E-state index in [-0.39, 0.29) is 5.70 Å². The topological polar surface area (TPSA) is 54.5 Å². The lowest BCUT2D eigenvalue weighted by Crippen LogP contribution is -1.95. The molecule has 1 aromatic heterocycles. The van der Waals surface area contributed by atoms with Crippen molar-refractivity contribution in [2.75, 3.05) is 0 Å². The zero-order valence-corrected chi connectivity index (χ0v) is 7.56. The van der Waals surface area contributed by atoms with E-state index in [0.717, 1.165) is 5.69 Å². The Bertz CT molecular complexity index is 430. The third-order valence-electron chi connectivity index (χ3n) is 1.56. The molecule has 0 bridgehead atoms. The van der Waals surface area contributed by atoms with E-state index in [9.17, 15) is 4.79 Å². The van der Waals surface area contributed by atoms with Gasteiger partial charge in [-0.05, 0) is 30.7 Å². The predicted octanol–water partition coefficient (Wildman–Crippen LogP) is 1.73. The number of hydrogen-bond acceptors (Lipinski definition) is 2. The molecule has 0 atom stereocenters. The van der Waals surface area contributed by atoms with Crippen LogP contribution in [0.3, 0.4) is 0 Å². The molecule has 0 spiro atoms. The summed E-state index contributed by atoms with van der Waals surface area (Å²) < 4.78 is 0. The molecule has 4 heteroatoms. The van der Waals surface area contributed by atoms with Crippen molar-refractivity contribution in [3.63, 3.8) is 0 Å². The number of carboxylic acids is 1. The normalized spacial score (nSPS) is 10.7. The molecule has 0 radical (unpaired) electrons. The van der Waals surface area contributed by atoms with Crippen LogP contribution in [0.25, 0.3) is 10.9 Å². The molecule has 0 aliphatic carbocycles. The van der Waals surface area contributed by atoms with Gasteiger partial charge in [-0.3, -0.25) is 9.78 Å². The molecule has 1 heterocycles. The van der Waals surface area contributed by atoms with Crippen LogP contribution in [0.15, 0.2) is 24.0 Å². The van der Waals surface area contributed by atoms with E-state index in [2.05, 4.69) is 9.83 Å². The smallest absolute Gasteiger partial charge is 0.333 e. The average molecular weight is 188 g/mol. The van der Waals surface area contributed by atoms with Gasteiger partial charge in [-0.25, -0.2) is 4.85 Å². The highest BCUT2D eigenvalue weighted by Crippen LogP contribution is 2.08. The Morgan fingerprint density at radius 3 is 2.93 bits per heavy atom. The van der Waals surface area contributed by atoms with Crippen LogP contribution in [0, 0.1) is 13.5 Å². The van der Waals surface area contributed by atoms with E-state index >= 15 is 0 Å². The summed E-state index contributed by atoms with van der Waals surface area (Å²) in [7, 11) is 0. The quantitative estimate of drug-likeness (QED) is 0.568. The van der Waals surface area contributed by atoms with Crippen LogP contribution < -0.4 is 0 Å². The number of aromatic nitrogens is 1. The van der Waals surface area contributed by atoms with Gasteiger partial charge in [0.25, 0.3) is 5.70 Å². The first-order chi connectivity index (χ1) is 6.63. The first-order valence-corrected chi connectivity index (χ1v) is 3.88. The Morgan fingerprint density at radius 2 is 2.43 bits per heavy atom. The van der Waals surface area contributed by atoms with Crippen LogP contribution in [0.1, 0.15) is 11.3 Å². The SMILES string of the molecule is [C-]#[N+]/C(=C\c1ccnc(C)c1)C(=O)O. The zero-order chi connectivity index (χ0) is 10.6. The van der Waals surface area contributed by atoms with Crippen molar-refractivity contribution in [1.29, 1.82) is 0 Å². The molecule has 1 N–H and O–H groups in total. The van der Waals surface area contributed by atoms with Gasteiger partial charge in [-0.2, -0.15) is 0 Å². The molecule has 0 fully saturated rings. The standard InChI is InChI=1S/C10H8N2O2/c1-7-5-8(3-4-12-7)6-9(11-2)10(13)14/h3-6H,1H3,(H,13,14)/b9-6-. The molecule has 0 saturated carbocycles. The van der Waals surface area contributed by atoms with Gasteiger partial charge in [-0.15, -0.1) is 0 Å². The number of aliphatic carboxylic acids is 1. The number of nitrogens with zero attached hydrogens (tertiary/aromatic N) is 2. The molecule has 0 saturated heterocycles. The van der Waals surface area contributed by atoms with Crippen molar-refractivity contribution < 1.29 is 9.90 Å². The van der Waals surface area contributed by atoms with Crippen LogP contribution in [0.5, 0.6) is 0 Å². The summed E-state index contributed by atoms with van der Waals surface area (Å²) in [6.07, 6.45) is 2.90. The van der Waals surface area contributed by atoms with Crippen molar-refractivity contribution >= 4 is 12.0 Å². The summed E-state index contributed by atoms with van der Waals surface area (Å²) in [5, 5.41) is 8.61. The van der Waals surface area contributed by atoms with Gasteiger partial charge in [0.05, 0.1) is 6.57 Å². The molecule has 1 aromatic rings. The van der Waals surface area contributed by atoms with Gasteiger partial charge in [0.1, 0.15) is 0 Å². The van der Waals surface area contributed by atoms with Crippen molar-refractivity contribution in [1.82, 2.24) is 4.98 Å². The molecule has 1 rings (SSSR count). The summed E-state index contributed by atoms with van der Waals surface area (Å²) >= 11 is 0. The summed E-state index contributed by atoms with van der Waals surface area (Å²) in [5.74, 6) is -1.21. The number of rotatable bonds is 2.